The molecule has 0 radical (unpaired) electrons. The van der Waals surface area contributed by atoms with E-state index in [-0.39, 0.29) is 0 Å². The summed E-state index contributed by atoms with van der Waals surface area (Å²) in [6, 6.07) is 26.6. The molecule has 0 spiro atoms. The molecule has 0 saturated carbocycles. The zero-order valence-corrected chi connectivity index (χ0v) is 16.1. The van der Waals surface area contributed by atoms with Gasteiger partial charge in [0.15, 0.2) is 0 Å². The van der Waals surface area contributed by atoms with Crippen LogP contribution in [-0.4, -0.2) is 9.97 Å². The standard InChI is InChI=1S/C25H22N4/c26-15-19-8-6-18(7-9-19)12-24-17-28-25(29-24)14-22-11-10-21(13-23(22)16-27)20-4-2-1-3-5-20/h1-11,13,17H,12,14,16,27H2,(H,28,29). The second-order valence-electron chi connectivity index (χ2n) is 7.07. The van der Waals surface area contributed by atoms with Gasteiger partial charge >= 0.3 is 0 Å². The van der Waals surface area contributed by atoms with Crippen molar-refractivity contribution in [3.05, 3.63) is 113 Å². The van der Waals surface area contributed by atoms with Crippen molar-refractivity contribution >= 4 is 0 Å². The number of nitriles is 1. The Labute approximate surface area is 170 Å². The molecule has 3 aromatic carbocycles. The molecule has 0 unspecified atom stereocenters. The Kier molecular flexibility index (Phi) is 5.51. The van der Waals surface area contributed by atoms with E-state index in [1.54, 1.807) is 0 Å². The van der Waals surface area contributed by atoms with Crippen LogP contribution in [-0.2, 0) is 19.4 Å². The normalized spacial score (nSPS) is 10.6. The maximum atomic E-state index is 8.91. The van der Waals surface area contributed by atoms with Crippen LogP contribution in [0, 0.1) is 11.3 Å². The lowest BCUT2D eigenvalue weighted by molar-refractivity contribution is 0.961. The van der Waals surface area contributed by atoms with E-state index in [0.717, 1.165) is 35.5 Å². The Hall–Kier alpha value is -3.68. The van der Waals surface area contributed by atoms with Crippen LogP contribution in [0.4, 0.5) is 0 Å². The predicted molar refractivity (Wildman–Crippen MR) is 115 cm³/mol. The van der Waals surface area contributed by atoms with Crippen LogP contribution in [0.3, 0.4) is 0 Å². The van der Waals surface area contributed by atoms with Crippen LogP contribution in [0.25, 0.3) is 11.1 Å². The van der Waals surface area contributed by atoms with Gasteiger partial charge in [0.2, 0.25) is 0 Å². The second-order valence-corrected chi connectivity index (χ2v) is 7.07. The van der Waals surface area contributed by atoms with Crippen molar-refractivity contribution in [2.45, 2.75) is 19.4 Å². The summed E-state index contributed by atoms with van der Waals surface area (Å²) in [5.41, 5.74) is 13.6. The Balaban J connectivity index is 1.50. The van der Waals surface area contributed by atoms with Gasteiger partial charge < -0.3 is 10.7 Å². The molecule has 4 rings (SSSR count). The van der Waals surface area contributed by atoms with Gasteiger partial charge in [-0.3, -0.25) is 0 Å². The third-order valence-corrected chi connectivity index (χ3v) is 5.05. The topological polar surface area (TPSA) is 78.5 Å². The van der Waals surface area contributed by atoms with Gasteiger partial charge in [-0.25, -0.2) is 4.98 Å². The summed E-state index contributed by atoms with van der Waals surface area (Å²) in [6.07, 6.45) is 3.36. The van der Waals surface area contributed by atoms with Gasteiger partial charge in [0.1, 0.15) is 5.82 Å². The number of benzene rings is 3. The molecule has 4 heteroatoms. The lowest BCUT2D eigenvalue weighted by Crippen LogP contribution is -2.03. The summed E-state index contributed by atoms with van der Waals surface area (Å²) in [5, 5.41) is 8.91. The zero-order valence-electron chi connectivity index (χ0n) is 16.1. The SMILES string of the molecule is N#Cc1ccc(Cc2cnc(Cc3ccc(-c4ccccc4)cc3CN)[nH]2)cc1. The highest BCUT2D eigenvalue weighted by Gasteiger charge is 2.08. The van der Waals surface area contributed by atoms with Crippen LogP contribution < -0.4 is 5.73 Å². The fraction of sp³-hybridized carbons (Fsp3) is 0.120. The van der Waals surface area contributed by atoms with Crippen LogP contribution in [0.15, 0.2) is 79.0 Å². The minimum absolute atomic E-state index is 0.495. The highest BCUT2D eigenvalue weighted by Crippen LogP contribution is 2.23. The molecule has 1 heterocycles. The lowest BCUT2D eigenvalue weighted by Gasteiger charge is -2.10. The molecule has 4 aromatic rings. The Morgan fingerprint density at radius 3 is 2.38 bits per heavy atom. The average molecular weight is 378 g/mol. The first-order chi connectivity index (χ1) is 14.2. The van der Waals surface area contributed by atoms with Gasteiger partial charge in [-0.05, 0) is 46.0 Å². The third-order valence-electron chi connectivity index (χ3n) is 5.05. The monoisotopic (exact) mass is 378 g/mol. The number of nitrogens with one attached hydrogen (secondary N) is 1. The third kappa shape index (κ3) is 4.43. The molecule has 0 saturated heterocycles. The molecular weight excluding hydrogens is 356 g/mol. The van der Waals surface area contributed by atoms with Crippen LogP contribution >= 0.6 is 0 Å². The number of imidazole rings is 1. The summed E-state index contributed by atoms with van der Waals surface area (Å²) in [7, 11) is 0. The molecule has 0 fully saturated rings. The number of hydrogen-bond donors (Lipinski definition) is 2. The zero-order chi connectivity index (χ0) is 20.1. The first-order valence-corrected chi connectivity index (χ1v) is 9.64. The van der Waals surface area contributed by atoms with E-state index >= 15 is 0 Å². The highest BCUT2D eigenvalue weighted by molar-refractivity contribution is 5.65. The van der Waals surface area contributed by atoms with Crippen molar-refractivity contribution in [3.8, 4) is 17.2 Å². The van der Waals surface area contributed by atoms with Crippen molar-refractivity contribution in [1.29, 1.82) is 5.26 Å². The minimum Gasteiger partial charge on any atom is -0.345 e. The largest absolute Gasteiger partial charge is 0.345 e. The van der Waals surface area contributed by atoms with Gasteiger partial charge in [0.05, 0.1) is 11.6 Å². The molecule has 0 amide bonds. The van der Waals surface area contributed by atoms with E-state index in [0.29, 0.717) is 12.1 Å². The molecule has 29 heavy (non-hydrogen) atoms. The van der Waals surface area contributed by atoms with Crippen molar-refractivity contribution in [2.24, 2.45) is 5.73 Å². The Bertz CT molecular complexity index is 1140. The molecule has 0 aliphatic carbocycles. The van der Waals surface area contributed by atoms with Crippen molar-refractivity contribution in [3.63, 3.8) is 0 Å². The summed E-state index contributed by atoms with van der Waals surface area (Å²) in [6.45, 7) is 0.495. The fourth-order valence-corrected chi connectivity index (χ4v) is 3.48. The van der Waals surface area contributed by atoms with Gasteiger partial charge in [0, 0.05) is 31.3 Å². The van der Waals surface area contributed by atoms with E-state index in [1.165, 1.54) is 16.7 Å². The van der Waals surface area contributed by atoms with Crippen molar-refractivity contribution in [2.75, 3.05) is 0 Å². The van der Waals surface area contributed by atoms with Crippen molar-refractivity contribution < 1.29 is 0 Å². The summed E-state index contributed by atoms with van der Waals surface area (Å²) < 4.78 is 0. The number of hydrogen-bond acceptors (Lipinski definition) is 3. The number of aromatic nitrogens is 2. The minimum atomic E-state index is 0.495. The second kappa shape index (κ2) is 8.55. The number of nitrogens with zero attached hydrogens (tertiary/aromatic N) is 2. The molecule has 4 nitrogen and oxygen atoms in total. The summed E-state index contributed by atoms with van der Waals surface area (Å²) in [5.74, 6) is 0.927. The molecule has 1 aromatic heterocycles. The summed E-state index contributed by atoms with van der Waals surface area (Å²) in [4.78, 5) is 7.97. The fourth-order valence-electron chi connectivity index (χ4n) is 3.48. The number of aromatic amines is 1. The molecule has 0 aliphatic rings. The average Bonchev–Trinajstić information content (AvgIpc) is 3.22. The van der Waals surface area contributed by atoms with E-state index in [4.69, 9.17) is 11.0 Å². The molecule has 3 N–H and O–H groups in total. The lowest BCUT2D eigenvalue weighted by atomic mass is 9.97. The van der Waals surface area contributed by atoms with Crippen molar-refractivity contribution in [1.82, 2.24) is 9.97 Å². The number of nitrogens with two attached hydrogens (primary N) is 1. The van der Waals surface area contributed by atoms with Gasteiger partial charge in [-0.2, -0.15) is 5.26 Å². The number of H-pyrrole nitrogens is 1. The van der Waals surface area contributed by atoms with Crippen LogP contribution in [0.2, 0.25) is 0 Å². The van der Waals surface area contributed by atoms with Gasteiger partial charge in [0.25, 0.3) is 0 Å². The smallest absolute Gasteiger partial charge is 0.110 e. The first-order valence-electron chi connectivity index (χ1n) is 9.64. The van der Waals surface area contributed by atoms with E-state index in [1.807, 2.05) is 48.7 Å². The molecular formula is C25H22N4. The van der Waals surface area contributed by atoms with Gasteiger partial charge in [-0.1, -0.05) is 54.6 Å². The molecule has 142 valence electrons. The quantitative estimate of drug-likeness (QED) is 0.515. The Morgan fingerprint density at radius 1 is 0.862 bits per heavy atom. The highest BCUT2D eigenvalue weighted by atomic mass is 14.9. The maximum absolute atomic E-state index is 8.91. The van der Waals surface area contributed by atoms with E-state index in [9.17, 15) is 0 Å². The molecule has 0 atom stereocenters. The van der Waals surface area contributed by atoms with Gasteiger partial charge in [-0.15, -0.1) is 0 Å². The van der Waals surface area contributed by atoms with Crippen LogP contribution in [0.5, 0.6) is 0 Å². The number of rotatable bonds is 6. The van der Waals surface area contributed by atoms with E-state index < -0.39 is 0 Å². The molecule has 0 bridgehead atoms. The maximum Gasteiger partial charge on any atom is 0.110 e. The summed E-state index contributed by atoms with van der Waals surface area (Å²) >= 11 is 0. The Morgan fingerprint density at radius 2 is 1.66 bits per heavy atom. The predicted octanol–water partition coefficient (Wildman–Crippen LogP) is 4.59. The van der Waals surface area contributed by atoms with E-state index in [2.05, 4.69) is 46.4 Å². The molecule has 0 aliphatic heterocycles. The first kappa shape index (κ1) is 18.7. The van der Waals surface area contributed by atoms with Crippen LogP contribution in [0.1, 0.15) is 33.8 Å².